The Balaban J connectivity index is 1.66. The number of aliphatic hydroxyl groups excluding tert-OH is 2. The molecule has 0 spiro atoms. The van der Waals surface area contributed by atoms with E-state index in [1.807, 2.05) is 0 Å². The lowest BCUT2D eigenvalue weighted by atomic mass is 9.71. The van der Waals surface area contributed by atoms with E-state index in [1.54, 1.807) is 19.1 Å². The Hall–Kier alpha value is -2.86. The molecule has 2 aliphatic carbocycles. The molecule has 1 heterocycles. The number of benzene rings is 2. The van der Waals surface area contributed by atoms with E-state index in [0.717, 1.165) is 0 Å². The van der Waals surface area contributed by atoms with Gasteiger partial charge in [-0.25, -0.2) is 0 Å². The SMILES string of the molecule is C[C@@H]1O[C@@H](O[C@H]2C[C@](O)([C@H](C)O)Cc3c(O)c4c(c(O)c32)C(=O)c2ccccc2C4=O)C[C@@H](N)[C@@H]1O. The molecule has 7 atom stereocenters. The van der Waals surface area contributed by atoms with Crippen LogP contribution in [0.2, 0.25) is 0 Å². The van der Waals surface area contributed by atoms with Crippen molar-refractivity contribution in [3.05, 3.63) is 57.6 Å². The maximum Gasteiger partial charge on any atom is 0.198 e. The van der Waals surface area contributed by atoms with E-state index in [9.17, 15) is 35.1 Å². The fraction of sp³-hybridized carbons (Fsp3) is 0.462. The number of nitrogens with two attached hydrogens (primary N) is 1. The molecule has 2 aromatic rings. The third-order valence-corrected chi connectivity index (χ3v) is 7.65. The maximum absolute atomic E-state index is 13.3. The lowest BCUT2D eigenvalue weighted by Gasteiger charge is -2.43. The van der Waals surface area contributed by atoms with E-state index in [2.05, 4.69) is 0 Å². The summed E-state index contributed by atoms with van der Waals surface area (Å²) in [5.74, 6) is -2.35. The van der Waals surface area contributed by atoms with E-state index in [-0.39, 0.29) is 52.6 Å². The van der Waals surface area contributed by atoms with Crippen LogP contribution in [-0.4, -0.2) is 73.3 Å². The van der Waals surface area contributed by atoms with E-state index in [0.29, 0.717) is 0 Å². The maximum atomic E-state index is 13.3. The van der Waals surface area contributed by atoms with Gasteiger partial charge in [0.2, 0.25) is 0 Å². The van der Waals surface area contributed by atoms with Crippen molar-refractivity contribution in [1.29, 1.82) is 0 Å². The molecule has 10 nitrogen and oxygen atoms in total. The second kappa shape index (κ2) is 8.62. The minimum atomic E-state index is -1.78. The standard InChI is InChI=1S/C26H29NO9/c1-10-21(29)15(27)7-17(35-10)36-16-9-26(34,11(2)28)8-14-18(16)25(33)20-19(24(14)32)22(30)12-5-3-4-6-13(12)23(20)31/h3-6,10-11,15-17,21,28-29,32-34H,7-9,27H2,1-2H3/t10-,11-,15+,16-,17-,21+,26-/m0/s1. The first kappa shape index (κ1) is 24.8. The molecule has 192 valence electrons. The van der Waals surface area contributed by atoms with Crippen LogP contribution in [0.25, 0.3) is 0 Å². The number of aromatic hydroxyl groups is 2. The quantitative estimate of drug-likeness (QED) is 0.282. The van der Waals surface area contributed by atoms with Crippen molar-refractivity contribution < 1.29 is 44.6 Å². The highest BCUT2D eigenvalue weighted by Crippen LogP contribution is 2.52. The number of hydrogen-bond acceptors (Lipinski definition) is 10. The van der Waals surface area contributed by atoms with Crippen LogP contribution in [0.1, 0.15) is 75.8 Å². The summed E-state index contributed by atoms with van der Waals surface area (Å²) >= 11 is 0. The number of carbonyl (C=O) groups excluding carboxylic acids is 2. The molecule has 0 unspecified atom stereocenters. The molecule has 0 bridgehead atoms. The summed E-state index contributed by atoms with van der Waals surface area (Å²) < 4.78 is 11.8. The Morgan fingerprint density at radius 3 is 2.25 bits per heavy atom. The molecule has 2 aromatic carbocycles. The number of ketones is 2. The van der Waals surface area contributed by atoms with Gasteiger partial charge in [0.15, 0.2) is 17.9 Å². The van der Waals surface area contributed by atoms with Gasteiger partial charge in [0.05, 0.1) is 41.1 Å². The molecule has 1 saturated heterocycles. The van der Waals surface area contributed by atoms with Crippen LogP contribution in [0.3, 0.4) is 0 Å². The largest absolute Gasteiger partial charge is 0.507 e. The Kier molecular flexibility index (Phi) is 5.94. The second-order valence-electron chi connectivity index (χ2n) is 9.99. The van der Waals surface area contributed by atoms with Gasteiger partial charge in [0, 0.05) is 47.6 Å². The van der Waals surface area contributed by atoms with Gasteiger partial charge >= 0.3 is 0 Å². The van der Waals surface area contributed by atoms with Crippen molar-refractivity contribution in [2.24, 2.45) is 5.73 Å². The van der Waals surface area contributed by atoms with Crippen LogP contribution < -0.4 is 5.73 Å². The zero-order valence-corrected chi connectivity index (χ0v) is 19.8. The number of aliphatic hydroxyl groups is 3. The first-order chi connectivity index (χ1) is 16.9. The topological polar surface area (TPSA) is 180 Å². The van der Waals surface area contributed by atoms with Crippen LogP contribution in [0.5, 0.6) is 11.5 Å². The molecular formula is C26H29NO9. The monoisotopic (exact) mass is 499 g/mol. The fourth-order valence-electron chi connectivity index (χ4n) is 5.50. The number of hydrogen-bond donors (Lipinski definition) is 6. The first-order valence-electron chi connectivity index (χ1n) is 11.9. The minimum Gasteiger partial charge on any atom is -0.507 e. The molecular weight excluding hydrogens is 470 g/mol. The van der Waals surface area contributed by atoms with Crippen molar-refractivity contribution in [3.63, 3.8) is 0 Å². The minimum absolute atomic E-state index is 0.000350. The lowest BCUT2D eigenvalue weighted by molar-refractivity contribution is -0.250. The number of phenols is 2. The molecule has 10 heteroatoms. The molecule has 5 rings (SSSR count). The zero-order valence-electron chi connectivity index (χ0n) is 19.8. The summed E-state index contributed by atoms with van der Waals surface area (Å²) in [7, 11) is 0. The number of rotatable bonds is 3. The van der Waals surface area contributed by atoms with E-state index < -0.39 is 65.4 Å². The van der Waals surface area contributed by atoms with Crippen molar-refractivity contribution in [3.8, 4) is 11.5 Å². The third-order valence-electron chi connectivity index (χ3n) is 7.65. The predicted octanol–water partition coefficient (Wildman–Crippen LogP) is 0.812. The van der Waals surface area contributed by atoms with Gasteiger partial charge in [0.1, 0.15) is 11.5 Å². The molecule has 36 heavy (non-hydrogen) atoms. The summed E-state index contributed by atoms with van der Waals surface area (Å²) in [6.07, 6.45) is -5.29. The molecule has 0 aromatic heterocycles. The zero-order chi connectivity index (χ0) is 26.1. The molecule has 1 aliphatic heterocycles. The summed E-state index contributed by atoms with van der Waals surface area (Å²) in [5, 5.41) is 54.4. The number of phenolic OH excluding ortho intramolecular Hbond substituents is 2. The fourth-order valence-corrected chi connectivity index (χ4v) is 5.50. The summed E-state index contributed by atoms with van der Waals surface area (Å²) in [5.41, 5.74) is 3.77. The van der Waals surface area contributed by atoms with Gasteiger partial charge in [-0.2, -0.15) is 0 Å². The van der Waals surface area contributed by atoms with Gasteiger partial charge in [-0.15, -0.1) is 0 Å². The Morgan fingerprint density at radius 2 is 1.69 bits per heavy atom. The van der Waals surface area contributed by atoms with Crippen molar-refractivity contribution >= 4 is 11.6 Å². The lowest BCUT2D eigenvalue weighted by Crippen LogP contribution is -2.53. The van der Waals surface area contributed by atoms with Crippen molar-refractivity contribution in [1.82, 2.24) is 0 Å². The van der Waals surface area contributed by atoms with E-state index in [1.165, 1.54) is 19.1 Å². The van der Waals surface area contributed by atoms with Gasteiger partial charge in [-0.1, -0.05) is 24.3 Å². The predicted molar refractivity (Wildman–Crippen MR) is 125 cm³/mol. The average molecular weight is 500 g/mol. The highest BCUT2D eigenvalue weighted by atomic mass is 16.7. The van der Waals surface area contributed by atoms with Crippen LogP contribution in [-0.2, 0) is 15.9 Å². The highest BCUT2D eigenvalue weighted by Gasteiger charge is 2.49. The molecule has 7 N–H and O–H groups in total. The average Bonchev–Trinajstić information content (AvgIpc) is 2.82. The van der Waals surface area contributed by atoms with Gasteiger partial charge < -0.3 is 40.7 Å². The summed E-state index contributed by atoms with van der Waals surface area (Å²) in [4.78, 5) is 26.6. The highest BCUT2D eigenvalue weighted by molar-refractivity contribution is 6.30. The van der Waals surface area contributed by atoms with Crippen molar-refractivity contribution in [2.45, 2.75) is 75.5 Å². The van der Waals surface area contributed by atoms with Gasteiger partial charge in [-0.05, 0) is 13.8 Å². The normalized spacial score (nSPS) is 32.4. The molecule has 1 fully saturated rings. The Labute approximate surface area is 206 Å². The number of fused-ring (bicyclic) bond motifs is 3. The molecule has 0 amide bonds. The first-order valence-corrected chi connectivity index (χ1v) is 11.9. The molecule has 3 aliphatic rings. The van der Waals surface area contributed by atoms with E-state index in [4.69, 9.17) is 15.2 Å². The van der Waals surface area contributed by atoms with Gasteiger partial charge in [-0.3, -0.25) is 9.59 Å². The third kappa shape index (κ3) is 3.64. The number of carbonyl (C=O) groups is 2. The second-order valence-corrected chi connectivity index (χ2v) is 9.99. The van der Waals surface area contributed by atoms with Crippen LogP contribution >= 0.6 is 0 Å². The van der Waals surface area contributed by atoms with Gasteiger partial charge in [0.25, 0.3) is 0 Å². The molecule has 0 radical (unpaired) electrons. The number of ether oxygens (including phenoxy) is 2. The smallest absolute Gasteiger partial charge is 0.198 e. The Bertz CT molecular complexity index is 1250. The summed E-state index contributed by atoms with van der Waals surface area (Å²) in [6, 6.07) is 5.47. The molecule has 0 saturated carbocycles. The van der Waals surface area contributed by atoms with Crippen molar-refractivity contribution in [2.75, 3.05) is 0 Å². The van der Waals surface area contributed by atoms with Crippen LogP contribution in [0.4, 0.5) is 0 Å². The van der Waals surface area contributed by atoms with Crippen LogP contribution in [0.15, 0.2) is 24.3 Å². The Morgan fingerprint density at radius 1 is 1.11 bits per heavy atom. The summed E-state index contributed by atoms with van der Waals surface area (Å²) in [6.45, 7) is 3.01. The van der Waals surface area contributed by atoms with Crippen LogP contribution in [0, 0.1) is 0 Å². The van der Waals surface area contributed by atoms with E-state index >= 15 is 0 Å².